The Morgan fingerprint density at radius 2 is 2.07 bits per heavy atom. The molecule has 0 aliphatic carbocycles. The summed E-state index contributed by atoms with van der Waals surface area (Å²) in [6, 6.07) is 0. The van der Waals surface area contributed by atoms with Crippen LogP contribution < -0.4 is 0 Å². The van der Waals surface area contributed by atoms with Crippen molar-refractivity contribution in [3.05, 3.63) is 0 Å². The van der Waals surface area contributed by atoms with Gasteiger partial charge in [0.15, 0.2) is 12.1 Å². The van der Waals surface area contributed by atoms with Gasteiger partial charge >= 0.3 is 0 Å². The topological polar surface area (TPSA) is 68.2 Å². The minimum Gasteiger partial charge on any atom is -0.395 e. The summed E-state index contributed by atoms with van der Waals surface area (Å²) in [5.74, 6) is -0.707. The van der Waals surface area contributed by atoms with Crippen LogP contribution in [0.15, 0.2) is 0 Å². The molecular weight excluding hydrogens is 315 g/mol. The van der Waals surface area contributed by atoms with Gasteiger partial charge in [-0.3, -0.25) is 0 Å². The minimum absolute atomic E-state index is 0.0366. The lowest BCUT2D eigenvalue weighted by Gasteiger charge is -2.24. The largest absolute Gasteiger partial charge is 0.395 e. The molecule has 0 saturated carbocycles. The Bertz CT molecular complexity index is 247. The standard InChI is InChI=1S/C9H15IO5/c1-9(2)14-7-5(12)6(4(10)3-11)13-8(7)15-9/h4-8,11-12H,3H2,1-2H3. The van der Waals surface area contributed by atoms with Crippen molar-refractivity contribution in [1.29, 1.82) is 0 Å². The molecule has 2 aliphatic rings. The number of halogens is 1. The molecule has 0 spiro atoms. The predicted octanol–water partition coefficient (Wildman–Crippen LogP) is 0.0196. The Kier molecular flexibility index (Phi) is 3.26. The van der Waals surface area contributed by atoms with Crippen molar-refractivity contribution in [3.8, 4) is 0 Å². The second-order valence-electron chi connectivity index (χ2n) is 4.26. The number of hydrogen-bond donors (Lipinski definition) is 2. The third-order valence-corrected chi connectivity index (χ3v) is 3.69. The van der Waals surface area contributed by atoms with E-state index >= 15 is 0 Å². The van der Waals surface area contributed by atoms with E-state index in [1.807, 2.05) is 22.6 Å². The summed E-state index contributed by atoms with van der Waals surface area (Å²) in [5, 5.41) is 18.9. The van der Waals surface area contributed by atoms with Crippen LogP contribution >= 0.6 is 22.6 Å². The normalized spacial score (nSPS) is 45.4. The fourth-order valence-corrected chi connectivity index (χ4v) is 2.51. The second-order valence-corrected chi connectivity index (χ2v) is 5.86. The summed E-state index contributed by atoms with van der Waals surface area (Å²) in [5.41, 5.74) is 0. The van der Waals surface area contributed by atoms with E-state index in [-0.39, 0.29) is 10.5 Å². The molecule has 0 aromatic heterocycles. The quantitative estimate of drug-likeness (QED) is 0.552. The number of fused-ring (bicyclic) bond motifs is 1. The summed E-state index contributed by atoms with van der Waals surface area (Å²) < 4.78 is 16.4. The molecule has 2 N–H and O–H groups in total. The number of hydrogen-bond acceptors (Lipinski definition) is 5. The number of alkyl halides is 1. The molecule has 2 saturated heterocycles. The minimum atomic E-state index is -0.745. The van der Waals surface area contributed by atoms with E-state index in [2.05, 4.69) is 0 Å². The van der Waals surface area contributed by atoms with Gasteiger partial charge in [-0.1, -0.05) is 22.6 Å². The molecule has 2 fully saturated rings. The van der Waals surface area contributed by atoms with Crippen molar-refractivity contribution in [1.82, 2.24) is 0 Å². The molecule has 0 bridgehead atoms. The van der Waals surface area contributed by atoms with E-state index in [1.165, 1.54) is 0 Å². The third kappa shape index (κ3) is 2.16. The maximum absolute atomic E-state index is 9.95. The summed E-state index contributed by atoms with van der Waals surface area (Å²) in [6.07, 6.45) is -2.15. The molecule has 2 aliphatic heterocycles. The van der Waals surface area contributed by atoms with Gasteiger partial charge in [-0.2, -0.15) is 0 Å². The summed E-state index contributed by atoms with van der Waals surface area (Å²) in [6.45, 7) is 3.53. The zero-order valence-electron chi connectivity index (χ0n) is 8.59. The molecule has 0 radical (unpaired) electrons. The van der Waals surface area contributed by atoms with Crippen molar-refractivity contribution in [3.63, 3.8) is 0 Å². The lowest BCUT2D eigenvalue weighted by molar-refractivity contribution is -0.214. The number of aliphatic hydroxyl groups excluding tert-OH is 2. The zero-order valence-corrected chi connectivity index (χ0v) is 10.7. The summed E-state index contributed by atoms with van der Waals surface area (Å²) in [4.78, 5) is 0. The first-order valence-electron chi connectivity index (χ1n) is 4.89. The van der Waals surface area contributed by atoms with Crippen LogP contribution in [0.25, 0.3) is 0 Å². The first-order chi connectivity index (χ1) is 6.94. The van der Waals surface area contributed by atoms with Crippen LogP contribution in [0.2, 0.25) is 0 Å². The molecule has 2 heterocycles. The second kappa shape index (κ2) is 4.08. The average molecular weight is 330 g/mol. The van der Waals surface area contributed by atoms with Crippen LogP contribution in [0, 0.1) is 0 Å². The van der Waals surface area contributed by atoms with Crippen LogP contribution in [0.4, 0.5) is 0 Å². The van der Waals surface area contributed by atoms with Crippen LogP contribution in [-0.2, 0) is 14.2 Å². The smallest absolute Gasteiger partial charge is 0.190 e. The van der Waals surface area contributed by atoms with E-state index in [1.54, 1.807) is 13.8 Å². The van der Waals surface area contributed by atoms with Crippen LogP contribution in [0.5, 0.6) is 0 Å². The molecule has 2 rings (SSSR count). The zero-order chi connectivity index (χ0) is 11.2. The first-order valence-corrected chi connectivity index (χ1v) is 6.13. The Balaban J connectivity index is 2.05. The highest BCUT2D eigenvalue weighted by Crippen LogP contribution is 2.39. The third-order valence-electron chi connectivity index (χ3n) is 2.58. The molecule has 0 aromatic rings. The molecule has 6 heteroatoms. The summed E-state index contributed by atoms with van der Waals surface area (Å²) in [7, 11) is 0. The molecular formula is C9H15IO5. The van der Waals surface area contributed by atoms with Gasteiger partial charge in [0.25, 0.3) is 0 Å². The average Bonchev–Trinajstić information content (AvgIpc) is 2.60. The first kappa shape index (κ1) is 12.0. The van der Waals surface area contributed by atoms with Crippen molar-refractivity contribution in [2.75, 3.05) is 6.61 Å². The van der Waals surface area contributed by atoms with Gasteiger partial charge < -0.3 is 24.4 Å². The molecule has 0 aromatic carbocycles. The number of aliphatic hydroxyl groups is 2. The van der Waals surface area contributed by atoms with Gasteiger partial charge in [0.1, 0.15) is 18.3 Å². The van der Waals surface area contributed by atoms with Gasteiger partial charge in [-0.05, 0) is 13.8 Å². The number of ether oxygens (including phenoxy) is 3. The van der Waals surface area contributed by atoms with Crippen molar-refractivity contribution < 1.29 is 24.4 Å². The maximum atomic E-state index is 9.95. The molecule has 88 valence electrons. The SMILES string of the molecule is CC1(C)OC2OC(C(I)CO)C(O)C2O1. The Labute approximate surface area is 102 Å². The fraction of sp³-hybridized carbons (Fsp3) is 1.00. The highest BCUT2D eigenvalue weighted by Gasteiger charge is 2.55. The highest BCUT2D eigenvalue weighted by atomic mass is 127. The van der Waals surface area contributed by atoms with E-state index in [4.69, 9.17) is 19.3 Å². The van der Waals surface area contributed by atoms with Gasteiger partial charge in [0.05, 0.1) is 10.5 Å². The Morgan fingerprint density at radius 1 is 1.40 bits per heavy atom. The fourth-order valence-electron chi connectivity index (χ4n) is 1.92. The summed E-state index contributed by atoms with van der Waals surface area (Å²) >= 11 is 2.05. The molecule has 0 amide bonds. The van der Waals surface area contributed by atoms with Crippen molar-refractivity contribution in [2.45, 2.75) is 48.2 Å². The van der Waals surface area contributed by atoms with Crippen LogP contribution in [0.1, 0.15) is 13.8 Å². The van der Waals surface area contributed by atoms with Gasteiger partial charge in [0.2, 0.25) is 0 Å². The van der Waals surface area contributed by atoms with Crippen LogP contribution in [0.3, 0.4) is 0 Å². The Morgan fingerprint density at radius 3 is 2.60 bits per heavy atom. The van der Waals surface area contributed by atoms with Gasteiger partial charge in [0, 0.05) is 0 Å². The van der Waals surface area contributed by atoms with Gasteiger partial charge in [-0.15, -0.1) is 0 Å². The highest BCUT2D eigenvalue weighted by molar-refractivity contribution is 14.1. The van der Waals surface area contributed by atoms with E-state index in [0.717, 1.165) is 0 Å². The Hall–Kier alpha value is 0.530. The molecule has 5 atom stereocenters. The van der Waals surface area contributed by atoms with E-state index in [0.29, 0.717) is 0 Å². The van der Waals surface area contributed by atoms with Crippen molar-refractivity contribution in [2.24, 2.45) is 0 Å². The van der Waals surface area contributed by atoms with Crippen molar-refractivity contribution >= 4 is 22.6 Å². The lowest BCUT2D eigenvalue weighted by atomic mass is 10.1. The monoisotopic (exact) mass is 330 g/mol. The van der Waals surface area contributed by atoms with Gasteiger partial charge in [-0.25, -0.2) is 0 Å². The lowest BCUT2D eigenvalue weighted by Crippen LogP contribution is -2.39. The molecule has 15 heavy (non-hydrogen) atoms. The molecule has 5 unspecified atom stereocenters. The molecule has 5 nitrogen and oxygen atoms in total. The predicted molar refractivity (Wildman–Crippen MR) is 59.6 cm³/mol. The van der Waals surface area contributed by atoms with Crippen LogP contribution in [-0.4, -0.2) is 51.1 Å². The maximum Gasteiger partial charge on any atom is 0.190 e. The van der Waals surface area contributed by atoms with E-state index in [9.17, 15) is 5.11 Å². The number of rotatable bonds is 2. The van der Waals surface area contributed by atoms with E-state index < -0.39 is 30.4 Å².